The van der Waals surface area contributed by atoms with Crippen LogP contribution in [-0.2, 0) is 0 Å². The molecule has 4 aromatic heterocycles. The summed E-state index contributed by atoms with van der Waals surface area (Å²) < 4.78 is 35.9. The molecule has 324 valence electrons. The summed E-state index contributed by atoms with van der Waals surface area (Å²) in [6.07, 6.45) is 0. The number of benzene rings is 9. The van der Waals surface area contributed by atoms with Crippen molar-refractivity contribution < 1.29 is 8.78 Å². The van der Waals surface area contributed by atoms with Crippen LogP contribution in [0.1, 0.15) is 16.7 Å². The van der Waals surface area contributed by atoms with Gasteiger partial charge < -0.3 is 13.7 Å². The molecule has 0 aliphatic heterocycles. The molecule has 4 heterocycles. The number of aryl methyl sites for hydroxylation is 3. The van der Waals surface area contributed by atoms with Crippen LogP contribution in [0.3, 0.4) is 0 Å². The van der Waals surface area contributed by atoms with Gasteiger partial charge in [-0.1, -0.05) is 89.5 Å². The van der Waals surface area contributed by atoms with Gasteiger partial charge in [0.2, 0.25) is 0 Å². The van der Waals surface area contributed by atoms with Crippen molar-refractivity contribution in [1.82, 2.24) is 23.7 Å². The predicted octanol–water partition coefficient (Wildman–Crippen LogP) is 16.0. The Morgan fingerprint density at radius 2 is 0.691 bits per heavy atom. The van der Waals surface area contributed by atoms with Crippen molar-refractivity contribution in [3.8, 4) is 51.0 Å². The first kappa shape index (κ1) is 39.7. The summed E-state index contributed by atoms with van der Waals surface area (Å²) in [5.74, 6) is -0.165. The molecule has 0 saturated heterocycles. The molecule has 0 fully saturated rings. The fourth-order valence-electron chi connectivity index (χ4n) is 10.3. The normalized spacial score (nSPS) is 11.9. The van der Waals surface area contributed by atoms with Gasteiger partial charge in [0.1, 0.15) is 11.6 Å². The minimum Gasteiger partial charge on any atom is -0.308 e. The molecule has 0 N–H and O–H groups in total. The van der Waals surface area contributed by atoms with Crippen LogP contribution >= 0.6 is 0 Å². The number of fused-ring (bicyclic) bond motifs is 12. The Kier molecular flexibility index (Phi) is 8.86. The fourth-order valence-corrected chi connectivity index (χ4v) is 10.3. The van der Waals surface area contributed by atoms with E-state index in [0.29, 0.717) is 17.2 Å². The van der Waals surface area contributed by atoms with E-state index in [1.165, 1.54) is 41.0 Å². The smallest absolute Gasteiger partial charge is 0.160 e. The molecule has 0 atom stereocenters. The number of nitrogens with zero attached hydrogens (tertiary/aromatic N) is 5. The van der Waals surface area contributed by atoms with Crippen LogP contribution in [0, 0.1) is 32.4 Å². The number of hydrogen-bond donors (Lipinski definition) is 0. The van der Waals surface area contributed by atoms with Crippen molar-refractivity contribution in [2.24, 2.45) is 0 Å². The second-order valence-corrected chi connectivity index (χ2v) is 17.9. The number of halogens is 2. The summed E-state index contributed by atoms with van der Waals surface area (Å²) >= 11 is 0. The maximum atomic E-state index is 14.3. The Hall–Kier alpha value is -8.68. The number of hydrogen-bond acceptors (Lipinski definition) is 2. The molecule has 0 aliphatic carbocycles. The molecule has 0 radical (unpaired) electrons. The molecule has 5 nitrogen and oxygen atoms in total. The van der Waals surface area contributed by atoms with Gasteiger partial charge in [-0.15, -0.1) is 0 Å². The van der Waals surface area contributed by atoms with E-state index < -0.39 is 0 Å². The SMILES string of the molecule is Cc1ccc(-n2c3ccccc3c3c2c2c4ccccc4n(-c4ccc(C)cc4)c2c2c4cc(-c5nc(-c6ccc(F)cc6)cc(-c6ccc(F)cc6)n5)ccc4n(-c4ccc(C)cc4)c32)cc1. The summed E-state index contributed by atoms with van der Waals surface area (Å²) in [7, 11) is 0. The third-order valence-corrected chi connectivity index (χ3v) is 13.6. The molecule has 13 aromatic rings. The van der Waals surface area contributed by atoms with E-state index in [-0.39, 0.29) is 11.6 Å². The van der Waals surface area contributed by atoms with Crippen molar-refractivity contribution in [3.63, 3.8) is 0 Å². The van der Waals surface area contributed by atoms with Gasteiger partial charge in [0.15, 0.2) is 5.82 Å². The standard InChI is InChI=1S/C61H41F2N5/c1-36-12-27-44(28-13-36)66-52-10-6-4-8-47(52)56-58(66)55-48-9-5-7-11-53(48)67(45-29-14-37(2)15-30-45)59(55)57-49-34-41(22-33-54(49)68(60(56)57)46-31-16-38(3)17-32-46)61-64-50(39-18-23-42(62)24-19-39)35-51(65-61)40-20-25-43(63)26-21-40/h4-35H,1-3H3. The summed E-state index contributed by atoms with van der Waals surface area (Å²) in [5, 5.41) is 6.74. The molecule has 0 bridgehead atoms. The molecule has 68 heavy (non-hydrogen) atoms. The fraction of sp³-hybridized carbons (Fsp3) is 0.0492. The first-order chi connectivity index (χ1) is 33.3. The Bertz CT molecular complexity index is 4040. The number of rotatable bonds is 6. The van der Waals surface area contributed by atoms with E-state index >= 15 is 0 Å². The molecule has 0 spiro atoms. The lowest BCUT2D eigenvalue weighted by Gasteiger charge is -2.14. The van der Waals surface area contributed by atoms with Crippen LogP contribution in [-0.4, -0.2) is 23.7 Å². The van der Waals surface area contributed by atoms with E-state index in [1.54, 1.807) is 24.3 Å². The minimum absolute atomic E-state index is 0.331. The van der Waals surface area contributed by atoms with Gasteiger partial charge in [0, 0.05) is 66.1 Å². The van der Waals surface area contributed by atoms with Crippen molar-refractivity contribution in [2.45, 2.75) is 20.8 Å². The molecule has 0 saturated carbocycles. The second kappa shape index (κ2) is 15.2. The van der Waals surface area contributed by atoms with Crippen LogP contribution < -0.4 is 0 Å². The number of para-hydroxylation sites is 2. The van der Waals surface area contributed by atoms with Crippen LogP contribution in [0.5, 0.6) is 0 Å². The Morgan fingerprint density at radius 3 is 1.10 bits per heavy atom. The topological polar surface area (TPSA) is 40.6 Å². The lowest BCUT2D eigenvalue weighted by molar-refractivity contribution is 0.627. The van der Waals surface area contributed by atoms with Gasteiger partial charge in [-0.2, -0.15) is 0 Å². The van der Waals surface area contributed by atoms with Gasteiger partial charge in [0.25, 0.3) is 0 Å². The van der Waals surface area contributed by atoms with Gasteiger partial charge in [-0.25, -0.2) is 18.7 Å². The molecule has 13 rings (SSSR count). The van der Waals surface area contributed by atoms with Gasteiger partial charge in [-0.3, -0.25) is 0 Å². The summed E-state index contributed by atoms with van der Waals surface area (Å²) in [6, 6.07) is 65.2. The maximum Gasteiger partial charge on any atom is 0.160 e. The molecular formula is C61H41F2N5. The average molecular weight is 882 g/mol. The van der Waals surface area contributed by atoms with Gasteiger partial charge in [-0.05, 0) is 142 Å². The lowest BCUT2D eigenvalue weighted by Crippen LogP contribution is -1.98. The predicted molar refractivity (Wildman–Crippen MR) is 275 cm³/mol. The first-order valence-corrected chi connectivity index (χ1v) is 22.9. The van der Waals surface area contributed by atoms with Crippen molar-refractivity contribution >= 4 is 65.4 Å². The van der Waals surface area contributed by atoms with Crippen LogP contribution in [0.25, 0.3) is 116 Å². The summed E-state index contributed by atoms with van der Waals surface area (Å²) in [4.78, 5) is 10.4. The molecule has 9 aromatic carbocycles. The van der Waals surface area contributed by atoms with E-state index in [0.717, 1.165) is 99.2 Å². The Morgan fingerprint density at radius 1 is 0.338 bits per heavy atom. The highest BCUT2D eigenvalue weighted by atomic mass is 19.1. The van der Waals surface area contributed by atoms with Crippen molar-refractivity contribution in [1.29, 1.82) is 0 Å². The highest BCUT2D eigenvalue weighted by Gasteiger charge is 2.29. The van der Waals surface area contributed by atoms with E-state index in [4.69, 9.17) is 9.97 Å². The third kappa shape index (κ3) is 6.12. The zero-order valence-corrected chi connectivity index (χ0v) is 37.5. The van der Waals surface area contributed by atoms with Crippen LogP contribution in [0.4, 0.5) is 8.78 Å². The van der Waals surface area contributed by atoms with Gasteiger partial charge in [0.05, 0.1) is 44.5 Å². The maximum absolute atomic E-state index is 14.3. The van der Waals surface area contributed by atoms with Crippen molar-refractivity contribution in [2.75, 3.05) is 0 Å². The van der Waals surface area contributed by atoms with Crippen LogP contribution in [0.2, 0.25) is 0 Å². The largest absolute Gasteiger partial charge is 0.308 e. The minimum atomic E-state index is -0.331. The van der Waals surface area contributed by atoms with E-state index in [1.807, 2.05) is 6.07 Å². The highest BCUT2D eigenvalue weighted by Crippen LogP contribution is 2.50. The quantitative estimate of drug-likeness (QED) is 0.167. The second-order valence-electron chi connectivity index (χ2n) is 17.9. The van der Waals surface area contributed by atoms with Crippen molar-refractivity contribution in [3.05, 3.63) is 222 Å². The van der Waals surface area contributed by atoms with E-state index in [2.05, 4.69) is 174 Å². The van der Waals surface area contributed by atoms with Gasteiger partial charge >= 0.3 is 0 Å². The monoisotopic (exact) mass is 881 g/mol. The first-order valence-electron chi connectivity index (χ1n) is 22.9. The summed E-state index contributed by atoms with van der Waals surface area (Å²) in [6.45, 7) is 6.39. The van der Waals surface area contributed by atoms with E-state index in [9.17, 15) is 8.78 Å². The zero-order chi connectivity index (χ0) is 45.8. The molecule has 7 heteroatoms. The molecular weight excluding hydrogens is 841 g/mol. The molecule has 0 unspecified atom stereocenters. The Labute approximate surface area is 390 Å². The average Bonchev–Trinajstić information content (AvgIpc) is 4.01. The lowest BCUT2D eigenvalue weighted by atomic mass is 10.0. The Balaban J connectivity index is 1.25. The van der Waals surface area contributed by atoms with Crippen LogP contribution in [0.15, 0.2) is 194 Å². The highest BCUT2D eigenvalue weighted by molar-refractivity contribution is 6.40. The summed E-state index contributed by atoms with van der Waals surface area (Å²) in [5.41, 5.74) is 16.9. The number of aromatic nitrogens is 5. The molecule has 0 aliphatic rings. The molecule has 0 amide bonds. The zero-order valence-electron chi connectivity index (χ0n) is 37.5. The third-order valence-electron chi connectivity index (χ3n) is 13.6.